The van der Waals surface area contributed by atoms with Crippen molar-refractivity contribution in [1.29, 1.82) is 0 Å². The smallest absolute Gasteiger partial charge is 0.254 e. The van der Waals surface area contributed by atoms with E-state index in [4.69, 9.17) is 0 Å². The van der Waals surface area contributed by atoms with Gasteiger partial charge in [0.05, 0.1) is 16.6 Å². The van der Waals surface area contributed by atoms with Crippen LogP contribution in [0.15, 0.2) is 47.3 Å². The van der Waals surface area contributed by atoms with Gasteiger partial charge in [0.2, 0.25) is 0 Å². The summed E-state index contributed by atoms with van der Waals surface area (Å²) >= 11 is 0. The Balaban J connectivity index is 1.60. The molecule has 3 aromatic rings. The van der Waals surface area contributed by atoms with Gasteiger partial charge < -0.3 is 15.1 Å². The second-order valence-electron chi connectivity index (χ2n) is 8.05. The molecule has 9 heteroatoms. The molecule has 0 radical (unpaired) electrons. The number of pyridine rings is 1. The summed E-state index contributed by atoms with van der Waals surface area (Å²) < 4.78 is 45.0. The number of nitrogens with zero attached hydrogens (tertiary/aromatic N) is 1. The van der Waals surface area contributed by atoms with E-state index in [2.05, 4.69) is 10.0 Å². The first-order chi connectivity index (χ1) is 15.2. The van der Waals surface area contributed by atoms with Gasteiger partial charge in [-0.2, -0.15) is 0 Å². The summed E-state index contributed by atoms with van der Waals surface area (Å²) in [5.41, 5.74) is 2.24. The second kappa shape index (κ2) is 8.38. The fourth-order valence-electron chi connectivity index (χ4n) is 3.67. The zero-order chi connectivity index (χ0) is 23.2. The van der Waals surface area contributed by atoms with Crippen LogP contribution >= 0.6 is 0 Å². The van der Waals surface area contributed by atoms with E-state index in [-0.39, 0.29) is 28.2 Å². The van der Waals surface area contributed by atoms with Gasteiger partial charge in [-0.05, 0) is 61.7 Å². The first-order valence-electron chi connectivity index (χ1n) is 10.0. The highest BCUT2D eigenvalue weighted by Gasteiger charge is 2.44. The summed E-state index contributed by atoms with van der Waals surface area (Å²) in [7, 11) is 0.0256. The van der Waals surface area contributed by atoms with Crippen LogP contribution in [0.1, 0.15) is 29.0 Å². The standard InChI is InChI=1S/C23H23F2N3O3S/c1-12-4-7-18(17(25)8-12)26-22-19(9-13(2)23(30)28(22)3)27-32(31)21-11-15(21)14-5-6-16(24)20(29)10-14/h4-10,15,21,26-27,29H,11H2,1-3H3. The molecule has 0 amide bonds. The third kappa shape index (κ3) is 4.25. The number of halogens is 2. The monoisotopic (exact) mass is 459 g/mol. The van der Waals surface area contributed by atoms with Gasteiger partial charge in [0.15, 0.2) is 11.6 Å². The molecule has 6 nitrogen and oxygen atoms in total. The molecule has 1 aliphatic rings. The lowest BCUT2D eigenvalue weighted by atomic mass is 10.1. The van der Waals surface area contributed by atoms with Crippen molar-refractivity contribution in [2.24, 2.45) is 7.05 Å². The Morgan fingerprint density at radius 2 is 1.81 bits per heavy atom. The molecule has 168 valence electrons. The fraction of sp³-hybridized carbons (Fsp3) is 0.261. The molecule has 2 aromatic carbocycles. The highest BCUT2D eigenvalue weighted by molar-refractivity contribution is 7.87. The van der Waals surface area contributed by atoms with Gasteiger partial charge in [-0.15, -0.1) is 0 Å². The minimum absolute atomic E-state index is 0.0885. The van der Waals surface area contributed by atoms with Gasteiger partial charge >= 0.3 is 0 Å². The first kappa shape index (κ1) is 22.0. The summed E-state index contributed by atoms with van der Waals surface area (Å²) in [5, 5.41) is 12.3. The first-order valence-corrected chi connectivity index (χ1v) is 11.3. The Labute approximate surface area is 186 Å². The predicted octanol–water partition coefficient (Wildman–Crippen LogP) is 4.36. The van der Waals surface area contributed by atoms with Gasteiger partial charge in [-0.3, -0.25) is 9.36 Å². The Hall–Kier alpha value is -3.20. The van der Waals surface area contributed by atoms with Crippen LogP contribution in [-0.2, 0) is 18.0 Å². The number of rotatable bonds is 6. The van der Waals surface area contributed by atoms with E-state index in [0.717, 1.165) is 5.56 Å². The molecular formula is C23H23F2N3O3S. The summed E-state index contributed by atoms with van der Waals surface area (Å²) in [6, 6.07) is 10.4. The molecule has 1 saturated carbocycles. The Bertz CT molecular complexity index is 1290. The number of benzene rings is 2. The third-order valence-corrected chi connectivity index (χ3v) is 7.08. The normalized spacial score (nSPS) is 18.3. The number of anilines is 3. The molecule has 0 saturated heterocycles. The maximum Gasteiger partial charge on any atom is 0.254 e. The lowest BCUT2D eigenvalue weighted by molar-refractivity contribution is 0.431. The van der Waals surface area contributed by atoms with E-state index in [1.807, 2.05) is 0 Å². The van der Waals surface area contributed by atoms with Crippen molar-refractivity contribution in [2.45, 2.75) is 31.4 Å². The topological polar surface area (TPSA) is 83.4 Å². The number of nitrogens with one attached hydrogen (secondary N) is 2. The van der Waals surface area contributed by atoms with Gasteiger partial charge in [0.1, 0.15) is 22.6 Å². The van der Waals surface area contributed by atoms with Crippen LogP contribution in [-0.4, -0.2) is 19.1 Å². The van der Waals surface area contributed by atoms with Crippen LogP contribution in [0.4, 0.5) is 26.0 Å². The van der Waals surface area contributed by atoms with E-state index in [1.54, 1.807) is 45.2 Å². The fourth-order valence-corrected chi connectivity index (χ4v) is 5.04. The van der Waals surface area contributed by atoms with Crippen LogP contribution in [0.5, 0.6) is 5.75 Å². The Morgan fingerprint density at radius 3 is 2.50 bits per heavy atom. The van der Waals surface area contributed by atoms with Crippen LogP contribution in [0, 0.1) is 25.5 Å². The number of hydrogen-bond donors (Lipinski definition) is 3. The molecule has 0 aliphatic heterocycles. The molecule has 1 fully saturated rings. The molecule has 1 aliphatic carbocycles. The van der Waals surface area contributed by atoms with Crippen molar-refractivity contribution in [2.75, 3.05) is 10.0 Å². The zero-order valence-corrected chi connectivity index (χ0v) is 18.6. The van der Waals surface area contributed by atoms with E-state index in [9.17, 15) is 22.9 Å². The van der Waals surface area contributed by atoms with Gasteiger partial charge in [-0.25, -0.2) is 13.0 Å². The van der Waals surface area contributed by atoms with Crippen LogP contribution in [0.25, 0.3) is 0 Å². The number of hydrogen-bond acceptors (Lipinski definition) is 4. The van der Waals surface area contributed by atoms with Crippen LogP contribution in [0.3, 0.4) is 0 Å². The zero-order valence-electron chi connectivity index (χ0n) is 17.8. The highest BCUT2D eigenvalue weighted by Crippen LogP contribution is 2.46. The minimum atomic E-state index is -1.53. The molecular weight excluding hydrogens is 436 g/mol. The molecule has 0 bridgehead atoms. The van der Waals surface area contributed by atoms with Gasteiger partial charge in [0.25, 0.3) is 5.56 Å². The lowest BCUT2D eigenvalue weighted by Gasteiger charge is -2.18. The van der Waals surface area contributed by atoms with Crippen molar-refractivity contribution in [3.05, 3.63) is 81.1 Å². The van der Waals surface area contributed by atoms with Crippen LogP contribution in [0.2, 0.25) is 0 Å². The number of phenolic OH excluding ortho intramolecular Hbond substituents is 1. The Morgan fingerprint density at radius 1 is 1.06 bits per heavy atom. The molecule has 4 rings (SSSR count). The summed E-state index contributed by atoms with van der Waals surface area (Å²) in [4.78, 5) is 12.5. The maximum atomic E-state index is 14.4. The van der Waals surface area contributed by atoms with E-state index < -0.39 is 28.4 Å². The number of aryl methyl sites for hydroxylation is 2. The van der Waals surface area contributed by atoms with E-state index in [0.29, 0.717) is 23.2 Å². The molecule has 1 aromatic heterocycles. The van der Waals surface area contributed by atoms with Crippen molar-refractivity contribution in [3.8, 4) is 5.75 Å². The number of phenols is 1. The summed E-state index contributed by atoms with van der Waals surface area (Å²) in [6.45, 7) is 3.42. The van der Waals surface area contributed by atoms with Gasteiger partial charge in [0, 0.05) is 18.5 Å². The highest BCUT2D eigenvalue weighted by atomic mass is 32.2. The summed E-state index contributed by atoms with van der Waals surface area (Å²) in [6.07, 6.45) is 0.602. The quantitative estimate of drug-likeness (QED) is 0.512. The molecule has 1 heterocycles. The summed E-state index contributed by atoms with van der Waals surface area (Å²) in [5.74, 6) is -1.41. The third-order valence-electron chi connectivity index (χ3n) is 5.59. The van der Waals surface area contributed by atoms with Crippen molar-refractivity contribution in [1.82, 2.24) is 4.57 Å². The Kier molecular flexibility index (Phi) is 5.77. The van der Waals surface area contributed by atoms with E-state index >= 15 is 0 Å². The molecule has 3 atom stereocenters. The maximum absolute atomic E-state index is 14.4. The van der Waals surface area contributed by atoms with E-state index in [1.165, 1.54) is 22.8 Å². The van der Waals surface area contributed by atoms with Crippen LogP contribution < -0.4 is 15.6 Å². The van der Waals surface area contributed by atoms with Crippen molar-refractivity contribution >= 4 is 28.2 Å². The largest absolute Gasteiger partial charge is 0.505 e. The molecule has 32 heavy (non-hydrogen) atoms. The molecule has 0 spiro atoms. The van der Waals surface area contributed by atoms with Crippen molar-refractivity contribution in [3.63, 3.8) is 0 Å². The average molecular weight is 460 g/mol. The molecule has 3 unspecified atom stereocenters. The second-order valence-corrected chi connectivity index (χ2v) is 9.46. The lowest BCUT2D eigenvalue weighted by Crippen LogP contribution is -2.24. The van der Waals surface area contributed by atoms with Gasteiger partial charge in [-0.1, -0.05) is 12.1 Å². The SMILES string of the molecule is Cc1ccc(Nc2c(NS(=O)C3CC3c3ccc(F)c(O)c3)cc(C)c(=O)n2C)c(F)c1. The number of aromatic nitrogens is 1. The minimum Gasteiger partial charge on any atom is -0.505 e. The van der Waals surface area contributed by atoms with Crippen molar-refractivity contribution < 1.29 is 18.1 Å². The molecule has 3 N–H and O–H groups in total. The average Bonchev–Trinajstić information content (AvgIpc) is 3.54. The predicted molar refractivity (Wildman–Crippen MR) is 122 cm³/mol. The number of aromatic hydroxyl groups is 1.